The van der Waals surface area contributed by atoms with E-state index in [1.807, 2.05) is 17.5 Å². The van der Waals surface area contributed by atoms with Gasteiger partial charge in [0.05, 0.1) is 10.2 Å². The Hall–Kier alpha value is -1.83. The molecule has 3 N–H and O–H groups in total. The van der Waals surface area contributed by atoms with Crippen LogP contribution in [0.15, 0.2) is 28.2 Å². The minimum Gasteiger partial charge on any atom is -0.382 e. The van der Waals surface area contributed by atoms with Crippen LogP contribution in [0.3, 0.4) is 0 Å². The SMILES string of the molecule is NCC(O)c1nc(-c2cnc3ccsc3c2)no1. The molecule has 0 aliphatic carbocycles. The van der Waals surface area contributed by atoms with Gasteiger partial charge in [-0.25, -0.2) is 0 Å². The van der Waals surface area contributed by atoms with E-state index in [1.54, 1.807) is 17.5 Å². The molecule has 0 saturated carbocycles. The second-order valence-electron chi connectivity index (χ2n) is 3.74. The summed E-state index contributed by atoms with van der Waals surface area (Å²) in [4.78, 5) is 8.39. The Morgan fingerprint density at radius 3 is 3.22 bits per heavy atom. The summed E-state index contributed by atoms with van der Waals surface area (Å²) in [5, 5.41) is 15.3. The Morgan fingerprint density at radius 2 is 2.39 bits per heavy atom. The molecule has 3 aromatic rings. The van der Waals surface area contributed by atoms with Crippen LogP contribution in [0.5, 0.6) is 0 Å². The monoisotopic (exact) mass is 262 g/mol. The normalized spacial score (nSPS) is 13.0. The predicted molar refractivity (Wildman–Crippen MR) is 66.9 cm³/mol. The number of thiophene rings is 1. The summed E-state index contributed by atoms with van der Waals surface area (Å²) in [7, 11) is 0. The van der Waals surface area contributed by atoms with Gasteiger partial charge >= 0.3 is 0 Å². The summed E-state index contributed by atoms with van der Waals surface area (Å²) in [6.45, 7) is 0.0455. The van der Waals surface area contributed by atoms with Crippen LogP contribution in [-0.4, -0.2) is 26.8 Å². The van der Waals surface area contributed by atoms with E-state index >= 15 is 0 Å². The van der Waals surface area contributed by atoms with Crippen LogP contribution in [0.2, 0.25) is 0 Å². The number of fused-ring (bicyclic) bond motifs is 1. The topological polar surface area (TPSA) is 98.1 Å². The fraction of sp³-hybridized carbons (Fsp3) is 0.182. The zero-order chi connectivity index (χ0) is 12.5. The van der Waals surface area contributed by atoms with Gasteiger partial charge in [-0.05, 0) is 17.5 Å². The first-order valence-electron chi connectivity index (χ1n) is 5.33. The van der Waals surface area contributed by atoms with Gasteiger partial charge < -0.3 is 15.4 Å². The maximum absolute atomic E-state index is 9.49. The van der Waals surface area contributed by atoms with Gasteiger partial charge in [-0.15, -0.1) is 11.3 Å². The van der Waals surface area contributed by atoms with E-state index in [2.05, 4.69) is 15.1 Å². The highest BCUT2D eigenvalue weighted by molar-refractivity contribution is 7.17. The molecular formula is C11H10N4O2S. The third-order valence-electron chi connectivity index (χ3n) is 2.51. The zero-order valence-electron chi connectivity index (χ0n) is 9.28. The molecule has 0 spiro atoms. The molecule has 0 aliphatic heterocycles. The molecule has 92 valence electrons. The smallest absolute Gasteiger partial charge is 0.257 e. The number of hydrogen-bond acceptors (Lipinski definition) is 7. The van der Waals surface area contributed by atoms with E-state index in [0.29, 0.717) is 5.82 Å². The lowest BCUT2D eigenvalue weighted by atomic mass is 10.2. The van der Waals surface area contributed by atoms with Gasteiger partial charge in [0.1, 0.15) is 6.10 Å². The second-order valence-corrected chi connectivity index (χ2v) is 4.68. The summed E-state index contributed by atoms with van der Waals surface area (Å²) in [5.74, 6) is 0.527. The Bertz CT molecular complexity index is 678. The maximum Gasteiger partial charge on any atom is 0.257 e. The molecule has 7 heteroatoms. The van der Waals surface area contributed by atoms with Crippen molar-refractivity contribution >= 4 is 21.6 Å². The van der Waals surface area contributed by atoms with E-state index in [-0.39, 0.29) is 12.4 Å². The van der Waals surface area contributed by atoms with E-state index in [1.165, 1.54) is 0 Å². The molecule has 18 heavy (non-hydrogen) atoms. The molecule has 0 aromatic carbocycles. The van der Waals surface area contributed by atoms with Gasteiger partial charge in [0, 0.05) is 18.3 Å². The van der Waals surface area contributed by atoms with Crippen LogP contribution in [0.1, 0.15) is 12.0 Å². The standard InChI is InChI=1S/C11H10N4O2S/c12-4-8(16)11-14-10(15-17-11)6-3-9-7(13-5-6)1-2-18-9/h1-3,5,8,16H,4,12H2. The molecule has 0 bridgehead atoms. The van der Waals surface area contributed by atoms with Crippen molar-refractivity contribution in [3.63, 3.8) is 0 Å². The van der Waals surface area contributed by atoms with E-state index in [0.717, 1.165) is 15.8 Å². The number of nitrogens with two attached hydrogens (primary N) is 1. The number of aromatic nitrogens is 3. The minimum atomic E-state index is -0.926. The Labute approximate surface area is 106 Å². The van der Waals surface area contributed by atoms with Gasteiger partial charge in [0.15, 0.2) is 0 Å². The fourth-order valence-electron chi connectivity index (χ4n) is 1.56. The highest BCUT2D eigenvalue weighted by Crippen LogP contribution is 2.24. The van der Waals surface area contributed by atoms with E-state index < -0.39 is 6.10 Å². The summed E-state index contributed by atoms with van der Waals surface area (Å²) < 4.78 is 6.00. The third kappa shape index (κ3) is 1.88. The lowest BCUT2D eigenvalue weighted by molar-refractivity contribution is 0.141. The van der Waals surface area contributed by atoms with Gasteiger partial charge in [-0.1, -0.05) is 5.16 Å². The summed E-state index contributed by atoms with van der Waals surface area (Å²) in [6, 6.07) is 3.89. The number of aliphatic hydroxyl groups excluding tert-OH is 1. The van der Waals surface area contributed by atoms with Crippen molar-refractivity contribution < 1.29 is 9.63 Å². The molecule has 0 amide bonds. The number of aliphatic hydroxyl groups is 1. The first-order chi connectivity index (χ1) is 8.78. The van der Waals surface area contributed by atoms with Crippen molar-refractivity contribution in [3.8, 4) is 11.4 Å². The van der Waals surface area contributed by atoms with Crippen LogP contribution in [-0.2, 0) is 0 Å². The highest BCUT2D eigenvalue weighted by atomic mass is 32.1. The Kier molecular flexibility index (Phi) is 2.78. The zero-order valence-corrected chi connectivity index (χ0v) is 10.1. The average molecular weight is 262 g/mol. The molecule has 0 fully saturated rings. The quantitative estimate of drug-likeness (QED) is 0.739. The average Bonchev–Trinajstić information content (AvgIpc) is 3.05. The van der Waals surface area contributed by atoms with Crippen molar-refractivity contribution in [1.82, 2.24) is 15.1 Å². The molecule has 6 nitrogen and oxygen atoms in total. The lowest BCUT2D eigenvalue weighted by Crippen LogP contribution is -2.11. The predicted octanol–water partition coefficient (Wildman–Crippen LogP) is 1.34. The maximum atomic E-state index is 9.49. The molecular weight excluding hydrogens is 252 g/mol. The van der Waals surface area contributed by atoms with Crippen LogP contribution in [0.4, 0.5) is 0 Å². The highest BCUT2D eigenvalue weighted by Gasteiger charge is 2.15. The number of hydrogen-bond donors (Lipinski definition) is 2. The Balaban J connectivity index is 2.00. The summed E-state index contributed by atoms with van der Waals surface area (Å²) in [5.41, 5.74) is 7.02. The van der Waals surface area contributed by atoms with Crippen LogP contribution < -0.4 is 5.73 Å². The third-order valence-corrected chi connectivity index (χ3v) is 3.36. The number of rotatable bonds is 3. The summed E-state index contributed by atoms with van der Waals surface area (Å²) in [6.07, 6.45) is 0.753. The van der Waals surface area contributed by atoms with Crippen molar-refractivity contribution in [2.24, 2.45) is 5.73 Å². The molecule has 3 rings (SSSR count). The first kappa shape index (κ1) is 11.3. The van der Waals surface area contributed by atoms with Crippen LogP contribution >= 0.6 is 11.3 Å². The molecule has 0 aliphatic rings. The molecule has 3 heterocycles. The second kappa shape index (κ2) is 4.45. The molecule has 1 atom stereocenters. The van der Waals surface area contributed by atoms with E-state index in [9.17, 15) is 5.11 Å². The van der Waals surface area contributed by atoms with Gasteiger partial charge in [-0.3, -0.25) is 4.98 Å². The van der Waals surface area contributed by atoms with Gasteiger partial charge in [-0.2, -0.15) is 4.98 Å². The lowest BCUT2D eigenvalue weighted by Gasteiger charge is -1.98. The van der Waals surface area contributed by atoms with Crippen molar-refractivity contribution in [2.45, 2.75) is 6.10 Å². The summed E-state index contributed by atoms with van der Waals surface area (Å²) >= 11 is 1.60. The Morgan fingerprint density at radius 1 is 1.50 bits per heavy atom. The molecule has 3 aromatic heterocycles. The fourth-order valence-corrected chi connectivity index (χ4v) is 2.34. The molecule has 0 radical (unpaired) electrons. The van der Waals surface area contributed by atoms with Gasteiger partial charge in [0.2, 0.25) is 5.82 Å². The van der Waals surface area contributed by atoms with Crippen molar-refractivity contribution in [2.75, 3.05) is 6.54 Å². The minimum absolute atomic E-state index is 0.0455. The molecule has 1 unspecified atom stereocenters. The van der Waals surface area contributed by atoms with Crippen LogP contribution in [0.25, 0.3) is 21.6 Å². The van der Waals surface area contributed by atoms with Crippen LogP contribution in [0, 0.1) is 0 Å². The van der Waals surface area contributed by atoms with Gasteiger partial charge in [0.25, 0.3) is 5.89 Å². The number of pyridine rings is 1. The number of nitrogens with zero attached hydrogens (tertiary/aromatic N) is 3. The first-order valence-corrected chi connectivity index (χ1v) is 6.21. The largest absolute Gasteiger partial charge is 0.382 e. The van der Waals surface area contributed by atoms with Crippen molar-refractivity contribution in [3.05, 3.63) is 29.6 Å². The van der Waals surface area contributed by atoms with E-state index in [4.69, 9.17) is 10.3 Å². The molecule has 0 saturated heterocycles. The van der Waals surface area contributed by atoms with Crippen molar-refractivity contribution in [1.29, 1.82) is 0 Å².